The van der Waals surface area contributed by atoms with Gasteiger partial charge in [0.05, 0.1) is 11.6 Å². The van der Waals surface area contributed by atoms with Gasteiger partial charge in [0.25, 0.3) is 5.56 Å². The van der Waals surface area contributed by atoms with Crippen LogP contribution in [0.4, 0.5) is 11.4 Å². The first-order chi connectivity index (χ1) is 11.1. The zero-order valence-electron chi connectivity index (χ0n) is 12.1. The molecule has 6 nitrogen and oxygen atoms in total. The number of H-pyrrole nitrogens is 1. The molecule has 1 aromatic heterocycles. The Bertz CT molecular complexity index is 818. The van der Waals surface area contributed by atoms with Crippen molar-refractivity contribution in [2.45, 2.75) is 6.42 Å². The molecule has 1 aromatic carbocycles. The lowest BCUT2D eigenvalue weighted by molar-refractivity contribution is -0.122. The van der Waals surface area contributed by atoms with Gasteiger partial charge >= 0.3 is 0 Å². The maximum absolute atomic E-state index is 12.3. The first-order valence-corrected chi connectivity index (χ1v) is 7.89. The molecule has 23 heavy (non-hydrogen) atoms. The molecule has 0 unspecified atom stereocenters. The summed E-state index contributed by atoms with van der Waals surface area (Å²) in [6, 6.07) is 10.5. The second-order valence-electron chi connectivity index (χ2n) is 5.26. The minimum atomic E-state index is -0.491. The highest BCUT2D eigenvalue weighted by Crippen LogP contribution is 2.31. The highest BCUT2D eigenvalue weighted by Gasteiger charge is 2.35. The molecule has 1 fully saturated rings. The molecule has 0 saturated carbocycles. The average molecular weight is 376 g/mol. The highest BCUT2D eigenvalue weighted by molar-refractivity contribution is 9.10. The molecular weight excluding hydrogens is 362 g/mol. The molecule has 118 valence electrons. The first-order valence-electron chi connectivity index (χ1n) is 7.09. The van der Waals surface area contributed by atoms with Gasteiger partial charge in [-0.15, -0.1) is 0 Å². The largest absolute Gasteiger partial charge is 0.327 e. The summed E-state index contributed by atoms with van der Waals surface area (Å²) in [7, 11) is 0. The third-order valence-corrected chi connectivity index (χ3v) is 4.39. The number of hydrogen-bond acceptors (Lipinski definition) is 3. The quantitative estimate of drug-likeness (QED) is 0.861. The fourth-order valence-electron chi connectivity index (χ4n) is 2.54. The normalized spacial score (nSPS) is 17.3. The van der Waals surface area contributed by atoms with Crippen LogP contribution >= 0.6 is 15.9 Å². The molecular formula is C16H14BrN3O3. The van der Waals surface area contributed by atoms with Crippen LogP contribution in [0.1, 0.15) is 6.42 Å². The molecule has 3 rings (SSSR count). The Balaban J connectivity index is 1.75. The predicted molar refractivity (Wildman–Crippen MR) is 90.3 cm³/mol. The predicted octanol–water partition coefficient (Wildman–Crippen LogP) is 2.13. The van der Waals surface area contributed by atoms with E-state index in [1.165, 1.54) is 12.3 Å². The number of benzene rings is 1. The van der Waals surface area contributed by atoms with Crippen molar-refractivity contribution in [3.8, 4) is 0 Å². The van der Waals surface area contributed by atoms with E-state index in [4.69, 9.17) is 0 Å². The number of rotatable bonds is 3. The summed E-state index contributed by atoms with van der Waals surface area (Å²) in [5.41, 5.74) is 0.558. The van der Waals surface area contributed by atoms with Gasteiger partial charge in [0.15, 0.2) is 0 Å². The number of nitrogens with one attached hydrogen (secondary N) is 2. The summed E-state index contributed by atoms with van der Waals surface area (Å²) in [6.07, 6.45) is 1.61. The standard InChI is InChI=1S/C16H14BrN3O3/c17-11-4-1-2-6-13(11)20-9-10(8-14(20)21)15(22)19-12-5-3-7-18-16(12)23/h1-7,10H,8-9H2,(H,18,23)(H,19,22)/t10-/m0/s1. The maximum atomic E-state index is 12.3. The SMILES string of the molecule is O=C(Nc1ccc[nH]c1=O)[C@H]1CC(=O)N(c2ccccc2Br)C1. The lowest BCUT2D eigenvalue weighted by Crippen LogP contribution is -2.29. The zero-order chi connectivity index (χ0) is 16.4. The van der Waals surface area contributed by atoms with Crippen molar-refractivity contribution in [3.63, 3.8) is 0 Å². The van der Waals surface area contributed by atoms with E-state index in [-0.39, 0.29) is 36.0 Å². The van der Waals surface area contributed by atoms with E-state index in [0.717, 1.165) is 10.2 Å². The average Bonchev–Trinajstić information content (AvgIpc) is 2.92. The van der Waals surface area contributed by atoms with Crippen LogP contribution in [0.15, 0.2) is 51.9 Å². The first kappa shape index (κ1) is 15.5. The summed E-state index contributed by atoms with van der Waals surface area (Å²) >= 11 is 3.41. The van der Waals surface area contributed by atoms with E-state index in [0.29, 0.717) is 0 Å². The Kier molecular flexibility index (Phi) is 4.29. The van der Waals surface area contributed by atoms with Crippen molar-refractivity contribution in [2.24, 2.45) is 5.92 Å². The Labute approximate surface area is 140 Å². The smallest absolute Gasteiger partial charge is 0.271 e. The van der Waals surface area contributed by atoms with Crippen LogP contribution < -0.4 is 15.8 Å². The summed E-state index contributed by atoms with van der Waals surface area (Å²) < 4.78 is 0.800. The summed E-state index contributed by atoms with van der Waals surface area (Å²) in [5.74, 6) is -0.933. The molecule has 0 spiro atoms. The Morgan fingerprint density at radius 2 is 2.00 bits per heavy atom. The van der Waals surface area contributed by atoms with E-state index < -0.39 is 5.92 Å². The van der Waals surface area contributed by atoms with Gasteiger partial charge in [0.1, 0.15) is 5.69 Å². The highest BCUT2D eigenvalue weighted by atomic mass is 79.9. The fraction of sp³-hybridized carbons (Fsp3) is 0.188. The maximum Gasteiger partial charge on any atom is 0.271 e. The van der Waals surface area contributed by atoms with Gasteiger partial charge in [-0.3, -0.25) is 14.4 Å². The number of anilines is 2. The van der Waals surface area contributed by atoms with Crippen molar-refractivity contribution in [2.75, 3.05) is 16.8 Å². The summed E-state index contributed by atoms with van der Waals surface area (Å²) in [5, 5.41) is 2.59. The van der Waals surface area contributed by atoms with E-state index in [2.05, 4.69) is 26.2 Å². The lowest BCUT2D eigenvalue weighted by Gasteiger charge is -2.18. The molecule has 0 bridgehead atoms. The molecule has 1 saturated heterocycles. The van der Waals surface area contributed by atoms with Gasteiger partial charge in [-0.2, -0.15) is 0 Å². The zero-order valence-corrected chi connectivity index (χ0v) is 13.7. The number of halogens is 1. The molecule has 7 heteroatoms. The van der Waals surface area contributed by atoms with Crippen molar-refractivity contribution in [1.82, 2.24) is 4.98 Å². The number of aromatic amines is 1. The van der Waals surface area contributed by atoms with Crippen molar-refractivity contribution < 1.29 is 9.59 Å². The number of para-hydroxylation sites is 1. The third kappa shape index (κ3) is 3.19. The van der Waals surface area contributed by atoms with Crippen LogP contribution in [-0.2, 0) is 9.59 Å². The van der Waals surface area contributed by atoms with Gasteiger partial charge in [0, 0.05) is 23.6 Å². The molecule has 2 heterocycles. The number of pyridine rings is 1. The van der Waals surface area contributed by atoms with Crippen molar-refractivity contribution in [1.29, 1.82) is 0 Å². The van der Waals surface area contributed by atoms with Crippen LogP contribution in [0.5, 0.6) is 0 Å². The van der Waals surface area contributed by atoms with E-state index >= 15 is 0 Å². The van der Waals surface area contributed by atoms with Gasteiger partial charge in [0.2, 0.25) is 11.8 Å². The summed E-state index contributed by atoms with van der Waals surface area (Å²) in [4.78, 5) is 40.2. The number of nitrogens with zero attached hydrogens (tertiary/aromatic N) is 1. The van der Waals surface area contributed by atoms with Crippen LogP contribution in [0.25, 0.3) is 0 Å². The molecule has 0 radical (unpaired) electrons. The van der Waals surface area contributed by atoms with Crippen LogP contribution in [0.3, 0.4) is 0 Å². The number of amides is 2. The summed E-state index contributed by atoms with van der Waals surface area (Å²) in [6.45, 7) is 0.290. The Morgan fingerprint density at radius 1 is 1.22 bits per heavy atom. The Morgan fingerprint density at radius 3 is 2.74 bits per heavy atom. The molecule has 1 aliphatic rings. The van der Waals surface area contributed by atoms with Gasteiger partial charge in [-0.05, 0) is 40.2 Å². The third-order valence-electron chi connectivity index (χ3n) is 3.72. The van der Waals surface area contributed by atoms with Crippen molar-refractivity contribution >= 4 is 39.1 Å². The number of carbonyl (C=O) groups is 2. The van der Waals surface area contributed by atoms with Gasteiger partial charge in [-0.1, -0.05) is 12.1 Å². The molecule has 2 amide bonds. The topological polar surface area (TPSA) is 82.3 Å². The van der Waals surface area contributed by atoms with E-state index in [1.54, 1.807) is 11.0 Å². The van der Waals surface area contributed by atoms with Crippen LogP contribution in [0, 0.1) is 5.92 Å². The monoisotopic (exact) mass is 375 g/mol. The second-order valence-corrected chi connectivity index (χ2v) is 6.11. The minimum absolute atomic E-state index is 0.112. The molecule has 1 aliphatic heterocycles. The van der Waals surface area contributed by atoms with E-state index in [9.17, 15) is 14.4 Å². The minimum Gasteiger partial charge on any atom is -0.327 e. The molecule has 2 N–H and O–H groups in total. The Hall–Kier alpha value is -2.41. The number of hydrogen-bond donors (Lipinski definition) is 2. The number of aromatic nitrogens is 1. The van der Waals surface area contributed by atoms with Gasteiger partial charge in [-0.25, -0.2) is 0 Å². The molecule has 0 aliphatic carbocycles. The van der Waals surface area contributed by atoms with Crippen LogP contribution in [-0.4, -0.2) is 23.3 Å². The van der Waals surface area contributed by atoms with E-state index in [1.807, 2.05) is 24.3 Å². The van der Waals surface area contributed by atoms with Gasteiger partial charge < -0.3 is 15.2 Å². The molecule has 2 aromatic rings. The fourth-order valence-corrected chi connectivity index (χ4v) is 3.04. The van der Waals surface area contributed by atoms with Crippen molar-refractivity contribution in [3.05, 3.63) is 57.4 Å². The van der Waals surface area contributed by atoms with Crippen LogP contribution in [0.2, 0.25) is 0 Å². The number of carbonyl (C=O) groups excluding carboxylic acids is 2. The molecule has 1 atom stereocenters. The second kappa shape index (κ2) is 6.37. The lowest BCUT2D eigenvalue weighted by atomic mass is 10.1.